The number of carbonyl (C=O) groups excluding carboxylic acids is 2. The van der Waals surface area contributed by atoms with E-state index in [2.05, 4.69) is 27.2 Å². The standard InChI is InChI=1S/C28H34ClN5O6/c1-18(2)31-12-10-28(37)40-24-8-5-21(14-20(24)16-30)38-13-3-11-32-27(36)17-39-25-7-4-19(15-22(25)29)23-6-9-26(35)34-33-23/h4-5,7-8,14-15,18,28,31,37H,3,6,9-13,17H2,1-2H3,(H,32,36)(H,34,35)/t28-/m0/s1. The summed E-state index contributed by atoms with van der Waals surface area (Å²) in [5, 5.41) is 29.8. The molecule has 2 aromatic rings. The van der Waals surface area contributed by atoms with Gasteiger partial charge in [-0.05, 0) is 42.3 Å². The van der Waals surface area contributed by atoms with Gasteiger partial charge in [-0.2, -0.15) is 10.4 Å². The highest BCUT2D eigenvalue weighted by Crippen LogP contribution is 2.27. The summed E-state index contributed by atoms with van der Waals surface area (Å²) in [6, 6.07) is 12.3. The topological polar surface area (TPSA) is 154 Å². The SMILES string of the molecule is CC(C)NCC[C@@H](O)Oc1ccc(OCCCNC(=O)COc2ccc(C3=NNC(=O)CC3)cc2Cl)cc1C#N. The molecule has 1 heterocycles. The van der Waals surface area contributed by atoms with Gasteiger partial charge >= 0.3 is 0 Å². The number of amides is 2. The van der Waals surface area contributed by atoms with Gasteiger partial charge in [0.25, 0.3) is 5.91 Å². The van der Waals surface area contributed by atoms with Gasteiger partial charge in [0.2, 0.25) is 5.91 Å². The smallest absolute Gasteiger partial charge is 0.257 e. The van der Waals surface area contributed by atoms with E-state index >= 15 is 0 Å². The van der Waals surface area contributed by atoms with E-state index in [4.69, 9.17) is 25.8 Å². The Morgan fingerprint density at radius 3 is 2.67 bits per heavy atom. The average molecular weight is 572 g/mol. The second-order valence-corrected chi connectivity index (χ2v) is 9.73. The molecule has 40 heavy (non-hydrogen) atoms. The molecule has 11 nitrogen and oxygen atoms in total. The maximum Gasteiger partial charge on any atom is 0.257 e. The summed E-state index contributed by atoms with van der Waals surface area (Å²) in [5.74, 6) is 0.696. The van der Waals surface area contributed by atoms with Gasteiger partial charge in [0.05, 0.1) is 22.9 Å². The first-order valence-electron chi connectivity index (χ1n) is 13.0. The Morgan fingerprint density at radius 1 is 1.18 bits per heavy atom. The molecule has 12 heteroatoms. The molecule has 214 valence electrons. The van der Waals surface area contributed by atoms with Crippen molar-refractivity contribution in [3.8, 4) is 23.3 Å². The predicted molar refractivity (Wildman–Crippen MR) is 150 cm³/mol. The lowest BCUT2D eigenvalue weighted by molar-refractivity contribution is -0.123. The molecule has 0 aliphatic carbocycles. The van der Waals surface area contributed by atoms with Gasteiger partial charge in [-0.25, -0.2) is 5.43 Å². The van der Waals surface area contributed by atoms with Gasteiger partial charge in [0.15, 0.2) is 12.9 Å². The highest BCUT2D eigenvalue weighted by Gasteiger charge is 2.15. The lowest BCUT2D eigenvalue weighted by Crippen LogP contribution is -2.30. The summed E-state index contributed by atoms with van der Waals surface area (Å²) < 4.78 is 16.7. The molecule has 3 rings (SSSR count). The van der Waals surface area contributed by atoms with Gasteiger partial charge in [0, 0.05) is 44.5 Å². The summed E-state index contributed by atoms with van der Waals surface area (Å²) in [4.78, 5) is 23.4. The van der Waals surface area contributed by atoms with Crippen molar-refractivity contribution in [2.75, 3.05) is 26.3 Å². The fraction of sp³-hybridized carbons (Fsp3) is 0.429. The third-order valence-electron chi connectivity index (χ3n) is 5.72. The van der Waals surface area contributed by atoms with Crippen LogP contribution in [0.5, 0.6) is 17.2 Å². The lowest BCUT2D eigenvalue weighted by atomic mass is 10.0. The second-order valence-electron chi connectivity index (χ2n) is 9.32. The molecular formula is C28H34ClN5O6. The van der Waals surface area contributed by atoms with Crippen molar-refractivity contribution in [1.82, 2.24) is 16.1 Å². The molecule has 2 amide bonds. The van der Waals surface area contributed by atoms with Crippen LogP contribution in [0.4, 0.5) is 0 Å². The van der Waals surface area contributed by atoms with Crippen LogP contribution in [0.2, 0.25) is 5.02 Å². The number of benzene rings is 2. The maximum absolute atomic E-state index is 12.2. The van der Waals surface area contributed by atoms with E-state index in [0.717, 1.165) is 11.3 Å². The zero-order chi connectivity index (χ0) is 28.9. The van der Waals surface area contributed by atoms with E-state index in [9.17, 15) is 20.0 Å². The van der Waals surface area contributed by atoms with Crippen molar-refractivity contribution in [3.05, 3.63) is 52.5 Å². The molecule has 1 atom stereocenters. The Kier molecular flexibility index (Phi) is 12.0. The van der Waals surface area contributed by atoms with E-state index in [-0.39, 0.29) is 29.7 Å². The molecule has 0 spiro atoms. The number of ether oxygens (including phenoxy) is 3. The van der Waals surface area contributed by atoms with Gasteiger partial charge in [-0.15, -0.1) is 0 Å². The summed E-state index contributed by atoms with van der Waals surface area (Å²) in [7, 11) is 0. The van der Waals surface area contributed by atoms with E-state index in [1.54, 1.807) is 36.4 Å². The number of nitrogens with one attached hydrogen (secondary N) is 3. The van der Waals surface area contributed by atoms with E-state index in [0.29, 0.717) is 67.9 Å². The third-order valence-corrected chi connectivity index (χ3v) is 6.01. The monoisotopic (exact) mass is 571 g/mol. The lowest BCUT2D eigenvalue weighted by Gasteiger charge is -2.16. The average Bonchev–Trinajstić information content (AvgIpc) is 2.93. The van der Waals surface area contributed by atoms with Crippen LogP contribution in [0.15, 0.2) is 41.5 Å². The first-order chi connectivity index (χ1) is 19.2. The number of nitrogens with zero attached hydrogens (tertiary/aromatic N) is 2. The van der Waals surface area contributed by atoms with E-state index < -0.39 is 6.29 Å². The molecule has 2 aromatic carbocycles. The normalized spacial score (nSPS) is 13.6. The molecule has 0 unspecified atom stereocenters. The number of hydrogen-bond acceptors (Lipinski definition) is 9. The van der Waals surface area contributed by atoms with Crippen molar-refractivity contribution < 1.29 is 28.9 Å². The van der Waals surface area contributed by atoms with Crippen LogP contribution in [-0.4, -0.2) is 61.3 Å². The van der Waals surface area contributed by atoms with Gasteiger partial charge in [0.1, 0.15) is 23.3 Å². The van der Waals surface area contributed by atoms with Crippen LogP contribution in [-0.2, 0) is 9.59 Å². The number of hydrazone groups is 1. The van der Waals surface area contributed by atoms with Crippen LogP contribution in [0.25, 0.3) is 0 Å². The Bertz CT molecular complexity index is 1250. The second kappa shape index (κ2) is 15.7. The zero-order valence-electron chi connectivity index (χ0n) is 22.5. The van der Waals surface area contributed by atoms with Gasteiger partial charge < -0.3 is 30.0 Å². The Balaban J connectivity index is 1.35. The molecule has 0 fully saturated rings. The summed E-state index contributed by atoms with van der Waals surface area (Å²) in [6.45, 7) is 5.09. The fourth-order valence-corrected chi connectivity index (χ4v) is 3.89. The maximum atomic E-state index is 12.2. The summed E-state index contributed by atoms with van der Waals surface area (Å²) >= 11 is 6.29. The van der Waals surface area contributed by atoms with E-state index in [1.807, 2.05) is 13.8 Å². The largest absolute Gasteiger partial charge is 0.493 e. The van der Waals surface area contributed by atoms with Gasteiger partial charge in [-0.1, -0.05) is 25.4 Å². The quantitative estimate of drug-likeness (QED) is 0.188. The molecule has 4 N–H and O–H groups in total. The Hall–Kier alpha value is -3.85. The number of halogens is 1. The molecule has 0 radical (unpaired) electrons. The Morgan fingerprint density at radius 2 is 1.98 bits per heavy atom. The van der Waals surface area contributed by atoms with Crippen molar-refractivity contribution >= 4 is 29.1 Å². The minimum Gasteiger partial charge on any atom is -0.493 e. The first-order valence-corrected chi connectivity index (χ1v) is 13.4. The molecule has 1 aliphatic rings. The molecular weight excluding hydrogens is 538 g/mol. The van der Waals surface area contributed by atoms with E-state index in [1.165, 1.54) is 0 Å². The number of aliphatic hydroxyl groups excluding tert-OH is 1. The van der Waals surface area contributed by atoms with Crippen LogP contribution in [0, 0.1) is 11.3 Å². The number of hydrogen-bond donors (Lipinski definition) is 4. The van der Waals surface area contributed by atoms with Crippen LogP contribution < -0.4 is 30.3 Å². The van der Waals surface area contributed by atoms with Crippen molar-refractivity contribution in [1.29, 1.82) is 5.26 Å². The highest BCUT2D eigenvalue weighted by molar-refractivity contribution is 6.32. The molecule has 0 saturated heterocycles. The fourth-order valence-electron chi connectivity index (χ4n) is 3.65. The van der Waals surface area contributed by atoms with Crippen LogP contribution in [0.1, 0.15) is 50.7 Å². The molecule has 0 aromatic heterocycles. The van der Waals surface area contributed by atoms with Gasteiger partial charge in [-0.3, -0.25) is 9.59 Å². The minimum atomic E-state index is -1.03. The number of rotatable bonds is 15. The zero-order valence-corrected chi connectivity index (χ0v) is 23.3. The van der Waals surface area contributed by atoms with Crippen molar-refractivity contribution in [3.63, 3.8) is 0 Å². The number of carbonyl (C=O) groups is 2. The number of nitriles is 1. The van der Waals surface area contributed by atoms with Crippen molar-refractivity contribution in [2.24, 2.45) is 5.10 Å². The van der Waals surface area contributed by atoms with Crippen molar-refractivity contribution in [2.45, 2.75) is 51.9 Å². The Labute approximate surface area is 238 Å². The predicted octanol–water partition coefficient (Wildman–Crippen LogP) is 2.88. The molecule has 0 saturated carbocycles. The highest BCUT2D eigenvalue weighted by atomic mass is 35.5. The first kappa shape index (κ1) is 30.7. The minimum absolute atomic E-state index is 0.123. The third kappa shape index (κ3) is 10.0. The molecule has 1 aliphatic heterocycles. The summed E-state index contributed by atoms with van der Waals surface area (Å²) in [6.07, 6.45) is 0.769. The van der Waals surface area contributed by atoms with Crippen LogP contribution >= 0.6 is 11.6 Å². The van der Waals surface area contributed by atoms with Crippen LogP contribution in [0.3, 0.4) is 0 Å². The summed E-state index contributed by atoms with van der Waals surface area (Å²) in [5.41, 5.74) is 4.21. The molecule has 0 bridgehead atoms. The number of aliphatic hydroxyl groups is 1.